The first-order valence-electron chi connectivity index (χ1n) is 5.47. The Labute approximate surface area is 115 Å². The van der Waals surface area contributed by atoms with Crippen molar-refractivity contribution in [2.45, 2.75) is 6.36 Å². The van der Waals surface area contributed by atoms with Crippen LogP contribution in [-0.2, 0) is 0 Å². The predicted molar refractivity (Wildman–Crippen MR) is 65.7 cm³/mol. The van der Waals surface area contributed by atoms with Crippen LogP contribution in [0.25, 0.3) is 0 Å². The van der Waals surface area contributed by atoms with Crippen molar-refractivity contribution in [2.75, 3.05) is 0 Å². The van der Waals surface area contributed by atoms with Crippen LogP contribution in [-0.4, -0.2) is 17.5 Å². The fourth-order valence-corrected chi connectivity index (χ4v) is 1.38. The molecule has 6 nitrogen and oxygen atoms in total. The van der Waals surface area contributed by atoms with Crippen LogP contribution in [0.4, 0.5) is 24.7 Å². The molecular weight excluding hydrogens is 293 g/mol. The molecule has 0 spiro atoms. The summed E-state index contributed by atoms with van der Waals surface area (Å²) in [4.78, 5) is 13.6. The average Bonchev–Trinajstić information content (AvgIpc) is 2.85. The number of hydrogen-bond acceptors (Lipinski definition) is 5. The zero-order chi connectivity index (χ0) is 15.5. The van der Waals surface area contributed by atoms with Crippen LogP contribution < -0.4 is 4.74 Å². The largest absolute Gasteiger partial charge is 0.573 e. The van der Waals surface area contributed by atoms with E-state index < -0.39 is 17.2 Å². The Morgan fingerprint density at radius 1 is 1.19 bits per heavy atom. The number of rotatable bonds is 4. The molecule has 9 heteroatoms. The summed E-state index contributed by atoms with van der Waals surface area (Å²) >= 11 is 0. The normalized spacial score (nSPS) is 11.8. The van der Waals surface area contributed by atoms with Crippen LogP contribution in [0, 0.1) is 10.1 Å². The van der Waals surface area contributed by atoms with Gasteiger partial charge in [-0.2, -0.15) is 0 Å². The molecule has 0 amide bonds. The van der Waals surface area contributed by atoms with Crippen molar-refractivity contribution >= 4 is 17.8 Å². The average molecular weight is 300 g/mol. The standard InChI is InChI=1S/C12H7F3N2O4/c13-12(14,15)21-9-3-1-8(2-4-9)16-7-10-5-6-11(20-10)17(18)19/h1-7H. The maximum atomic E-state index is 12.0. The van der Waals surface area contributed by atoms with Gasteiger partial charge in [-0.15, -0.1) is 13.2 Å². The Hall–Kier alpha value is -2.84. The van der Waals surface area contributed by atoms with E-state index in [0.717, 1.165) is 12.1 Å². The molecule has 0 N–H and O–H groups in total. The molecule has 110 valence electrons. The van der Waals surface area contributed by atoms with Gasteiger partial charge in [0.15, 0.2) is 5.76 Å². The van der Waals surface area contributed by atoms with Crippen LogP contribution >= 0.6 is 0 Å². The zero-order valence-electron chi connectivity index (χ0n) is 10.2. The van der Waals surface area contributed by atoms with Crippen molar-refractivity contribution in [3.05, 3.63) is 52.3 Å². The number of ether oxygens (including phenoxy) is 1. The van der Waals surface area contributed by atoms with Gasteiger partial charge in [0.1, 0.15) is 10.7 Å². The molecule has 0 unspecified atom stereocenters. The molecular formula is C12H7F3N2O4. The Kier molecular flexibility index (Phi) is 3.92. The van der Waals surface area contributed by atoms with Gasteiger partial charge in [-0.1, -0.05) is 0 Å². The fraction of sp³-hybridized carbons (Fsp3) is 0.0833. The highest BCUT2D eigenvalue weighted by atomic mass is 19.4. The van der Waals surface area contributed by atoms with Gasteiger partial charge in [-0.3, -0.25) is 15.1 Å². The van der Waals surface area contributed by atoms with Crippen molar-refractivity contribution in [3.63, 3.8) is 0 Å². The topological polar surface area (TPSA) is 77.9 Å². The molecule has 1 aromatic heterocycles. The second-order valence-electron chi connectivity index (χ2n) is 3.73. The molecule has 0 saturated carbocycles. The van der Waals surface area contributed by atoms with Gasteiger partial charge < -0.3 is 9.15 Å². The van der Waals surface area contributed by atoms with E-state index in [4.69, 9.17) is 4.42 Å². The first-order valence-corrected chi connectivity index (χ1v) is 5.47. The number of nitrogens with zero attached hydrogens (tertiary/aromatic N) is 2. The summed E-state index contributed by atoms with van der Waals surface area (Å²) in [6.45, 7) is 0. The van der Waals surface area contributed by atoms with E-state index in [-0.39, 0.29) is 11.5 Å². The van der Waals surface area contributed by atoms with Crippen LogP contribution in [0.3, 0.4) is 0 Å². The van der Waals surface area contributed by atoms with Gasteiger partial charge in [-0.05, 0) is 30.3 Å². The third-order valence-electron chi connectivity index (χ3n) is 2.20. The number of furan rings is 1. The lowest BCUT2D eigenvalue weighted by Gasteiger charge is -2.08. The smallest absolute Gasteiger partial charge is 0.406 e. The molecule has 1 heterocycles. The fourth-order valence-electron chi connectivity index (χ4n) is 1.38. The van der Waals surface area contributed by atoms with Gasteiger partial charge in [0, 0.05) is 0 Å². The third kappa shape index (κ3) is 4.34. The number of alkyl halides is 3. The molecule has 2 aromatic rings. The van der Waals surface area contributed by atoms with Crippen molar-refractivity contribution < 1.29 is 27.2 Å². The number of aliphatic imine (C=N–C) groups is 1. The quantitative estimate of drug-likeness (QED) is 0.488. The Morgan fingerprint density at radius 2 is 1.86 bits per heavy atom. The summed E-state index contributed by atoms with van der Waals surface area (Å²) in [5.41, 5.74) is 0.337. The minimum atomic E-state index is -4.75. The molecule has 0 aliphatic rings. The molecule has 21 heavy (non-hydrogen) atoms. The van der Waals surface area contributed by atoms with Crippen molar-refractivity contribution in [2.24, 2.45) is 4.99 Å². The summed E-state index contributed by atoms with van der Waals surface area (Å²) < 4.78 is 44.4. The van der Waals surface area contributed by atoms with Crippen molar-refractivity contribution in [3.8, 4) is 5.75 Å². The van der Waals surface area contributed by atoms with Crippen molar-refractivity contribution in [1.29, 1.82) is 0 Å². The minimum Gasteiger partial charge on any atom is -0.406 e. The molecule has 0 atom stereocenters. The number of benzene rings is 1. The van der Waals surface area contributed by atoms with Gasteiger partial charge >= 0.3 is 12.2 Å². The van der Waals surface area contributed by atoms with E-state index in [0.29, 0.717) is 5.69 Å². The number of nitro groups is 1. The van der Waals surface area contributed by atoms with Crippen LogP contribution in [0.1, 0.15) is 5.76 Å². The van der Waals surface area contributed by atoms with E-state index in [9.17, 15) is 23.3 Å². The number of halogens is 3. The summed E-state index contributed by atoms with van der Waals surface area (Å²) in [6, 6.07) is 7.32. The van der Waals surface area contributed by atoms with Gasteiger partial charge in [-0.25, -0.2) is 0 Å². The summed E-state index contributed by atoms with van der Waals surface area (Å²) in [7, 11) is 0. The lowest BCUT2D eigenvalue weighted by atomic mass is 10.3. The van der Waals surface area contributed by atoms with E-state index in [2.05, 4.69) is 9.73 Å². The Morgan fingerprint density at radius 3 is 2.38 bits per heavy atom. The Balaban J connectivity index is 2.05. The molecule has 1 aromatic carbocycles. The lowest BCUT2D eigenvalue weighted by Crippen LogP contribution is -2.16. The zero-order valence-corrected chi connectivity index (χ0v) is 10.2. The lowest BCUT2D eigenvalue weighted by molar-refractivity contribution is -0.402. The first-order chi connectivity index (χ1) is 9.83. The maximum Gasteiger partial charge on any atom is 0.573 e. The molecule has 2 rings (SSSR count). The second kappa shape index (κ2) is 5.65. The SMILES string of the molecule is O=[N+]([O-])c1ccc(C=Nc2ccc(OC(F)(F)F)cc2)o1. The summed E-state index contributed by atoms with van der Waals surface area (Å²) in [5.74, 6) is -0.641. The maximum absolute atomic E-state index is 12.0. The third-order valence-corrected chi connectivity index (χ3v) is 2.20. The molecule has 0 fully saturated rings. The summed E-state index contributed by atoms with van der Waals surface area (Å²) in [6.07, 6.45) is -3.54. The van der Waals surface area contributed by atoms with Crippen LogP contribution in [0.15, 0.2) is 45.8 Å². The minimum absolute atomic E-state index is 0.150. The molecule has 0 bridgehead atoms. The van der Waals surface area contributed by atoms with E-state index in [1.54, 1.807) is 0 Å². The molecule has 0 radical (unpaired) electrons. The molecule has 0 saturated heterocycles. The highest BCUT2D eigenvalue weighted by molar-refractivity contribution is 5.79. The predicted octanol–water partition coefficient (Wildman–Crippen LogP) is 3.84. The highest BCUT2D eigenvalue weighted by Gasteiger charge is 2.30. The van der Waals surface area contributed by atoms with Gasteiger partial charge in [0.2, 0.25) is 0 Å². The Bertz CT molecular complexity index is 662. The van der Waals surface area contributed by atoms with E-state index in [1.165, 1.54) is 30.5 Å². The van der Waals surface area contributed by atoms with Crippen molar-refractivity contribution in [1.82, 2.24) is 0 Å². The van der Waals surface area contributed by atoms with E-state index in [1.807, 2.05) is 0 Å². The van der Waals surface area contributed by atoms with E-state index >= 15 is 0 Å². The highest BCUT2D eigenvalue weighted by Crippen LogP contribution is 2.25. The van der Waals surface area contributed by atoms with Crippen LogP contribution in [0.2, 0.25) is 0 Å². The molecule has 0 aliphatic carbocycles. The first kappa shape index (κ1) is 14.6. The van der Waals surface area contributed by atoms with Gasteiger partial charge in [0.25, 0.3) is 0 Å². The number of hydrogen-bond donors (Lipinski definition) is 0. The van der Waals surface area contributed by atoms with Gasteiger partial charge in [0.05, 0.1) is 18.0 Å². The molecule has 0 aliphatic heterocycles. The monoisotopic (exact) mass is 300 g/mol. The summed E-state index contributed by atoms with van der Waals surface area (Å²) in [5, 5.41) is 10.4. The van der Waals surface area contributed by atoms with Crippen LogP contribution in [0.5, 0.6) is 5.75 Å². The second-order valence-corrected chi connectivity index (χ2v) is 3.73.